The van der Waals surface area contributed by atoms with Gasteiger partial charge in [-0.05, 0) is 37.6 Å². The molecule has 4 heteroatoms. The van der Waals surface area contributed by atoms with Gasteiger partial charge in [0.2, 0.25) is 0 Å². The van der Waals surface area contributed by atoms with Gasteiger partial charge in [-0.2, -0.15) is 5.10 Å². The highest BCUT2D eigenvalue weighted by Gasteiger charge is 2.24. The topological polar surface area (TPSA) is 39.1 Å². The SMILES string of the molecule is CCCn1ncc(OC)c1C(CC(C)CC(C)(C)C)NC. The van der Waals surface area contributed by atoms with E-state index in [1.807, 2.05) is 13.2 Å². The van der Waals surface area contributed by atoms with E-state index in [2.05, 4.69) is 49.7 Å². The Morgan fingerprint density at radius 1 is 1.38 bits per heavy atom. The monoisotopic (exact) mass is 295 g/mol. The second-order valence-corrected chi connectivity index (χ2v) is 7.27. The van der Waals surface area contributed by atoms with Crippen LogP contribution in [0.2, 0.25) is 0 Å². The maximum absolute atomic E-state index is 5.51. The van der Waals surface area contributed by atoms with Crippen LogP contribution in [-0.4, -0.2) is 23.9 Å². The van der Waals surface area contributed by atoms with Gasteiger partial charge in [-0.25, -0.2) is 0 Å². The van der Waals surface area contributed by atoms with Crippen LogP contribution in [0.3, 0.4) is 0 Å². The minimum absolute atomic E-state index is 0.284. The van der Waals surface area contributed by atoms with E-state index in [0.29, 0.717) is 11.3 Å². The Bertz CT molecular complexity index is 420. The molecular weight excluding hydrogens is 262 g/mol. The summed E-state index contributed by atoms with van der Waals surface area (Å²) in [5.74, 6) is 1.54. The Morgan fingerprint density at radius 3 is 2.52 bits per heavy atom. The molecule has 0 amide bonds. The summed E-state index contributed by atoms with van der Waals surface area (Å²) in [4.78, 5) is 0. The van der Waals surface area contributed by atoms with E-state index < -0.39 is 0 Å². The first-order chi connectivity index (χ1) is 9.82. The van der Waals surface area contributed by atoms with Crippen LogP contribution in [0.25, 0.3) is 0 Å². The average Bonchev–Trinajstić information content (AvgIpc) is 2.77. The van der Waals surface area contributed by atoms with Crippen molar-refractivity contribution < 1.29 is 4.74 Å². The van der Waals surface area contributed by atoms with Gasteiger partial charge in [0.05, 0.1) is 25.0 Å². The molecule has 21 heavy (non-hydrogen) atoms. The van der Waals surface area contributed by atoms with Gasteiger partial charge in [0.15, 0.2) is 5.75 Å². The third-order valence-electron chi connectivity index (χ3n) is 3.78. The van der Waals surface area contributed by atoms with Gasteiger partial charge in [0, 0.05) is 6.54 Å². The maximum atomic E-state index is 5.51. The third-order valence-corrected chi connectivity index (χ3v) is 3.78. The van der Waals surface area contributed by atoms with E-state index in [1.165, 1.54) is 12.1 Å². The van der Waals surface area contributed by atoms with Gasteiger partial charge >= 0.3 is 0 Å². The maximum Gasteiger partial charge on any atom is 0.161 e. The number of aryl methyl sites for hydroxylation is 1. The van der Waals surface area contributed by atoms with Gasteiger partial charge in [0.1, 0.15) is 0 Å². The zero-order valence-corrected chi connectivity index (χ0v) is 14.9. The molecule has 2 unspecified atom stereocenters. The highest BCUT2D eigenvalue weighted by molar-refractivity contribution is 5.28. The molecular formula is C17H33N3O. The van der Waals surface area contributed by atoms with Crippen molar-refractivity contribution in [2.45, 2.75) is 66.5 Å². The molecule has 0 aliphatic carbocycles. The molecule has 4 nitrogen and oxygen atoms in total. The molecule has 1 rings (SSSR count). The molecule has 0 aromatic carbocycles. The molecule has 1 heterocycles. The summed E-state index contributed by atoms with van der Waals surface area (Å²) in [6.07, 6.45) is 5.23. The molecule has 1 N–H and O–H groups in total. The predicted molar refractivity (Wildman–Crippen MR) is 88.7 cm³/mol. The molecule has 1 aromatic heterocycles. The first kappa shape index (κ1) is 18.0. The van der Waals surface area contributed by atoms with Gasteiger partial charge < -0.3 is 10.1 Å². The van der Waals surface area contributed by atoms with Crippen molar-refractivity contribution in [2.24, 2.45) is 11.3 Å². The summed E-state index contributed by atoms with van der Waals surface area (Å²) in [5, 5.41) is 7.93. The highest BCUT2D eigenvalue weighted by atomic mass is 16.5. The van der Waals surface area contributed by atoms with Crippen molar-refractivity contribution in [1.82, 2.24) is 15.1 Å². The van der Waals surface area contributed by atoms with Crippen LogP contribution in [-0.2, 0) is 6.54 Å². The molecule has 0 saturated heterocycles. The van der Waals surface area contributed by atoms with E-state index >= 15 is 0 Å². The molecule has 0 aliphatic heterocycles. The van der Waals surface area contributed by atoms with E-state index in [0.717, 1.165) is 25.1 Å². The van der Waals surface area contributed by atoms with Crippen molar-refractivity contribution in [3.8, 4) is 5.75 Å². The van der Waals surface area contributed by atoms with Crippen LogP contribution in [0.4, 0.5) is 0 Å². The summed E-state index contributed by atoms with van der Waals surface area (Å²) in [5.41, 5.74) is 1.55. The minimum Gasteiger partial charge on any atom is -0.493 e. The van der Waals surface area contributed by atoms with Crippen molar-refractivity contribution in [3.05, 3.63) is 11.9 Å². The summed E-state index contributed by atoms with van der Waals surface area (Å²) in [6.45, 7) is 12.4. The Labute approximate surface area is 130 Å². The number of hydrogen-bond acceptors (Lipinski definition) is 3. The van der Waals surface area contributed by atoms with Crippen molar-refractivity contribution >= 4 is 0 Å². The third kappa shape index (κ3) is 5.34. The van der Waals surface area contributed by atoms with Crippen LogP contribution in [0.1, 0.15) is 65.6 Å². The van der Waals surface area contributed by atoms with E-state index in [1.54, 1.807) is 7.11 Å². The number of hydrogen-bond donors (Lipinski definition) is 1. The van der Waals surface area contributed by atoms with Gasteiger partial charge in [-0.1, -0.05) is 34.6 Å². The van der Waals surface area contributed by atoms with Crippen LogP contribution in [0, 0.1) is 11.3 Å². The molecule has 1 aromatic rings. The zero-order chi connectivity index (χ0) is 16.0. The molecule has 0 saturated carbocycles. The molecule has 2 atom stereocenters. The lowest BCUT2D eigenvalue weighted by Crippen LogP contribution is -2.24. The molecule has 0 aliphatic rings. The number of methoxy groups -OCH3 is 1. The zero-order valence-electron chi connectivity index (χ0n) is 14.9. The highest BCUT2D eigenvalue weighted by Crippen LogP contribution is 2.33. The minimum atomic E-state index is 0.284. The molecule has 0 fully saturated rings. The lowest BCUT2D eigenvalue weighted by atomic mass is 9.82. The second-order valence-electron chi connectivity index (χ2n) is 7.27. The fourth-order valence-corrected chi connectivity index (χ4v) is 3.17. The summed E-state index contributed by atoms with van der Waals surface area (Å²) >= 11 is 0. The Kier molecular flexibility index (Phi) is 6.72. The normalized spacial score (nSPS) is 15.0. The molecule has 122 valence electrons. The first-order valence-corrected chi connectivity index (χ1v) is 8.09. The van der Waals surface area contributed by atoms with E-state index in [-0.39, 0.29) is 6.04 Å². The molecule has 0 bridgehead atoms. The number of rotatable bonds is 8. The largest absolute Gasteiger partial charge is 0.493 e. The number of nitrogens with one attached hydrogen (secondary N) is 1. The Balaban J connectivity index is 2.91. The first-order valence-electron chi connectivity index (χ1n) is 8.09. The van der Waals surface area contributed by atoms with Crippen LogP contribution in [0.5, 0.6) is 5.75 Å². The predicted octanol–water partition coefficient (Wildman–Crippen LogP) is 4.02. The fraction of sp³-hybridized carbons (Fsp3) is 0.824. The number of aromatic nitrogens is 2. The quantitative estimate of drug-likeness (QED) is 0.787. The molecule has 0 spiro atoms. The summed E-state index contributed by atoms with van der Waals surface area (Å²) in [6, 6.07) is 0.284. The van der Waals surface area contributed by atoms with E-state index in [4.69, 9.17) is 4.74 Å². The van der Waals surface area contributed by atoms with Crippen molar-refractivity contribution in [3.63, 3.8) is 0 Å². The van der Waals surface area contributed by atoms with Gasteiger partial charge in [0.25, 0.3) is 0 Å². The Hall–Kier alpha value is -1.03. The van der Waals surface area contributed by atoms with Gasteiger partial charge in [-0.3, -0.25) is 4.68 Å². The second kappa shape index (κ2) is 7.83. The lowest BCUT2D eigenvalue weighted by molar-refractivity contribution is 0.273. The van der Waals surface area contributed by atoms with Crippen molar-refractivity contribution in [1.29, 1.82) is 0 Å². The lowest BCUT2D eigenvalue weighted by Gasteiger charge is -2.27. The summed E-state index contributed by atoms with van der Waals surface area (Å²) < 4.78 is 7.60. The molecule has 0 radical (unpaired) electrons. The number of ether oxygens (including phenoxy) is 1. The average molecular weight is 295 g/mol. The Morgan fingerprint density at radius 2 is 2.05 bits per heavy atom. The van der Waals surface area contributed by atoms with Gasteiger partial charge in [-0.15, -0.1) is 0 Å². The van der Waals surface area contributed by atoms with Crippen LogP contribution in [0.15, 0.2) is 6.20 Å². The van der Waals surface area contributed by atoms with Crippen LogP contribution < -0.4 is 10.1 Å². The fourth-order valence-electron chi connectivity index (χ4n) is 3.17. The van der Waals surface area contributed by atoms with E-state index in [9.17, 15) is 0 Å². The standard InChI is InChI=1S/C17H33N3O/c1-8-9-20-16(15(21-7)12-19-20)14(18-6)10-13(2)11-17(3,4)5/h12-14,18H,8-11H2,1-7H3. The smallest absolute Gasteiger partial charge is 0.161 e. The summed E-state index contributed by atoms with van der Waals surface area (Å²) in [7, 11) is 3.75. The van der Waals surface area contributed by atoms with Crippen molar-refractivity contribution in [2.75, 3.05) is 14.2 Å². The van der Waals surface area contributed by atoms with Crippen LogP contribution >= 0.6 is 0 Å². The number of nitrogens with zero attached hydrogens (tertiary/aromatic N) is 2.